The van der Waals surface area contributed by atoms with E-state index in [1.807, 2.05) is 24.3 Å². The van der Waals surface area contributed by atoms with E-state index in [0.717, 1.165) is 81.0 Å². The second-order valence-corrected chi connectivity index (χ2v) is 10.7. The van der Waals surface area contributed by atoms with Crippen molar-refractivity contribution in [3.63, 3.8) is 0 Å². The fourth-order valence-corrected chi connectivity index (χ4v) is 6.35. The van der Waals surface area contributed by atoms with E-state index in [9.17, 15) is 9.90 Å². The van der Waals surface area contributed by atoms with Gasteiger partial charge in [0.15, 0.2) is 0 Å². The average Bonchev–Trinajstić information content (AvgIpc) is 3.21. The zero-order valence-electron chi connectivity index (χ0n) is 21.1. The van der Waals surface area contributed by atoms with Gasteiger partial charge in [0.25, 0.3) is 0 Å². The molecule has 1 N–H and O–H groups in total. The molecule has 0 radical (unpaired) electrons. The van der Waals surface area contributed by atoms with Crippen molar-refractivity contribution in [3.8, 4) is 0 Å². The summed E-state index contributed by atoms with van der Waals surface area (Å²) < 4.78 is 5.60. The molecule has 4 atom stereocenters. The van der Waals surface area contributed by atoms with Crippen LogP contribution >= 0.6 is 11.6 Å². The van der Waals surface area contributed by atoms with Gasteiger partial charge in [0.1, 0.15) is 18.4 Å². The molecule has 2 aromatic rings. The number of anilines is 1. The number of piperidine rings is 1. The van der Waals surface area contributed by atoms with Crippen molar-refractivity contribution in [1.82, 2.24) is 19.8 Å². The van der Waals surface area contributed by atoms with E-state index < -0.39 is 6.10 Å². The largest absolute Gasteiger partial charge is 0.387 e. The highest BCUT2D eigenvalue weighted by Gasteiger charge is 2.39. The summed E-state index contributed by atoms with van der Waals surface area (Å²) in [5.41, 5.74) is 2.85. The number of piperazine rings is 1. The van der Waals surface area contributed by atoms with Crippen molar-refractivity contribution in [2.45, 2.75) is 56.4 Å². The van der Waals surface area contributed by atoms with Crippen LogP contribution in [0.3, 0.4) is 0 Å². The number of ether oxygens (including phenoxy) is 1. The number of hydrogen-bond acceptors (Lipinski definition) is 8. The van der Waals surface area contributed by atoms with Gasteiger partial charge in [-0.2, -0.15) is 0 Å². The molecule has 0 saturated carbocycles. The number of carbonyl (C=O) groups is 1. The summed E-state index contributed by atoms with van der Waals surface area (Å²) in [6.07, 6.45) is 5.05. The van der Waals surface area contributed by atoms with Gasteiger partial charge >= 0.3 is 0 Å². The van der Waals surface area contributed by atoms with Crippen LogP contribution in [0.5, 0.6) is 0 Å². The Morgan fingerprint density at radius 2 is 1.72 bits per heavy atom. The van der Waals surface area contributed by atoms with Gasteiger partial charge < -0.3 is 19.5 Å². The Morgan fingerprint density at radius 1 is 1.06 bits per heavy atom. The molecule has 1 aromatic carbocycles. The maximum Gasteiger partial charge on any atom is 0.135 e. The van der Waals surface area contributed by atoms with E-state index in [-0.39, 0.29) is 24.1 Å². The minimum absolute atomic E-state index is 0.0273. The number of methoxy groups -OCH3 is 1. The number of aliphatic hydroxyl groups excluding tert-OH is 1. The molecule has 0 spiro atoms. The summed E-state index contributed by atoms with van der Waals surface area (Å²) in [5, 5.41) is 11.1. The highest BCUT2D eigenvalue weighted by molar-refractivity contribution is 6.30. The van der Waals surface area contributed by atoms with E-state index in [1.165, 1.54) is 0 Å². The van der Waals surface area contributed by atoms with Crippen molar-refractivity contribution >= 4 is 23.7 Å². The molecule has 0 amide bonds. The molecular weight excluding hydrogens is 478 g/mol. The third kappa shape index (κ3) is 5.02. The number of hydrogen-bond donors (Lipinski definition) is 1. The fourth-order valence-electron chi connectivity index (χ4n) is 6.22. The zero-order chi connectivity index (χ0) is 25.2. The van der Waals surface area contributed by atoms with Crippen molar-refractivity contribution in [3.05, 3.63) is 52.4 Å². The number of aliphatic hydroxyl groups is 1. The van der Waals surface area contributed by atoms with Gasteiger partial charge in [0.2, 0.25) is 0 Å². The molecule has 2 aliphatic heterocycles. The summed E-state index contributed by atoms with van der Waals surface area (Å²) in [7, 11) is 1.78. The van der Waals surface area contributed by atoms with Crippen LogP contribution in [0, 0.1) is 0 Å². The summed E-state index contributed by atoms with van der Waals surface area (Å²) in [6, 6.07) is 7.68. The quantitative estimate of drug-likeness (QED) is 0.565. The van der Waals surface area contributed by atoms with E-state index >= 15 is 0 Å². The molecule has 9 heteroatoms. The van der Waals surface area contributed by atoms with E-state index in [1.54, 1.807) is 13.4 Å². The van der Waals surface area contributed by atoms with Crippen molar-refractivity contribution in [2.24, 2.45) is 0 Å². The second-order valence-electron chi connectivity index (χ2n) is 10.3. The highest BCUT2D eigenvalue weighted by atomic mass is 35.5. The van der Waals surface area contributed by atoms with E-state index in [2.05, 4.69) is 31.6 Å². The Kier molecular flexibility index (Phi) is 7.88. The highest BCUT2D eigenvalue weighted by Crippen LogP contribution is 2.43. The van der Waals surface area contributed by atoms with Crippen molar-refractivity contribution < 1.29 is 14.6 Å². The van der Waals surface area contributed by atoms with Gasteiger partial charge in [-0.3, -0.25) is 9.80 Å². The third-order valence-corrected chi connectivity index (χ3v) is 8.43. The van der Waals surface area contributed by atoms with Crippen LogP contribution in [-0.4, -0.2) is 89.8 Å². The zero-order valence-corrected chi connectivity index (χ0v) is 21.8. The number of aromatic nitrogens is 2. The molecule has 3 heterocycles. The number of fused-ring (bicyclic) bond motifs is 1. The summed E-state index contributed by atoms with van der Waals surface area (Å²) in [6.45, 7) is 7.20. The number of likely N-dealkylation sites (tertiary alicyclic amines) is 1. The van der Waals surface area contributed by atoms with E-state index in [0.29, 0.717) is 11.4 Å². The van der Waals surface area contributed by atoms with Crippen LogP contribution in [0.25, 0.3) is 0 Å². The molecule has 5 rings (SSSR count). The lowest BCUT2D eigenvalue weighted by molar-refractivity contribution is -0.114. The maximum absolute atomic E-state index is 12.6. The normalized spacial score (nSPS) is 25.5. The first kappa shape index (κ1) is 25.5. The first-order valence-electron chi connectivity index (χ1n) is 13.0. The van der Waals surface area contributed by atoms with Gasteiger partial charge in [-0.1, -0.05) is 30.7 Å². The van der Waals surface area contributed by atoms with Crippen LogP contribution in [0.1, 0.15) is 60.9 Å². The number of aldehydes is 1. The number of rotatable bonds is 7. The molecule has 36 heavy (non-hydrogen) atoms. The maximum atomic E-state index is 12.6. The lowest BCUT2D eigenvalue weighted by Gasteiger charge is -2.48. The topological polar surface area (TPSA) is 82.0 Å². The minimum atomic E-state index is -0.509. The molecule has 194 valence electrons. The SMILES string of the molecule is COC1CCN(C(C(C=O)c2ccc(Cl)cc2)N2CCN(c3ncnc4c3[C@H](C)C[C@H]4O)CC2)CC1. The number of nitrogens with zero attached hydrogens (tertiary/aromatic N) is 5. The fraction of sp³-hybridized carbons (Fsp3) is 0.593. The monoisotopic (exact) mass is 513 g/mol. The summed E-state index contributed by atoms with van der Waals surface area (Å²) in [4.78, 5) is 28.8. The van der Waals surface area contributed by atoms with Gasteiger partial charge in [0.05, 0.1) is 30.0 Å². The average molecular weight is 514 g/mol. The molecular formula is C27H36ClN5O3. The Hall–Kier alpha value is -2.10. The van der Waals surface area contributed by atoms with Crippen molar-refractivity contribution in [1.29, 1.82) is 0 Å². The lowest BCUT2D eigenvalue weighted by atomic mass is 9.93. The Morgan fingerprint density at radius 3 is 2.36 bits per heavy atom. The van der Waals surface area contributed by atoms with Crippen LogP contribution in [0.2, 0.25) is 5.02 Å². The Labute approximate surface area is 218 Å². The Balaban J connectivity index is 1.37. The molecule has 1 aliphatic carbocycles. The van der Waals surface area contributed by atoms with Crippen LogP contribution in [0.4, 0.5) is 5.82 Å². The molecule has 2 saturated heterocycles. The van der Waals surface area contributed by atoms with Crippen LogP contribution < -0.4 is 4.90 Å². The predicted molar refractivity (Wildman–Crippen MR) is 139 cm³/mol. The minimum Gasteiger partial charge on any atom is -0.387 e. The Bertz CT molecular complexity index is 1040. The third-order valence-electron chi connectivity index (χ3n) is 8.17. The van der Waals surface area contributed by atoms with Crippen LogP contribution in [0.15, 0.2) is 30.6 Å². The first-order valence-corrected chi connectivity index (χ1v) is 13.4. The first-order chi connectivity index (χ1) is 17.5. The molecule has 0 bridgehead atoms. The lowest BCUT2D eigenvalue weighted by Crippen LogP contribution is -2.60. The molecule has 3 aliphatic rings. The summed E-state index contributed by atoms with van der Waals surface area (Å²) in [5.74, 6) is 0.917. The molecule has 1 aromatic heterocycles. The van der Waals surface area contributed by atoms with Gasteiger partial charge in [-0.25, -0.2) is 9.97 Å². The smallest absolute Gasteiger partial charge is 0.135 e. The van der Waals surface area contributed by atoms with Crippen LogP contribution in [-0.2, 0) is 9.53 Å². The second kappa shape index (κ2) is 11.1. The van der Waals surface area contributed by atoms with Gasteiger partial charge in [-0.05, 0) is 42.9 Å². The number of carbonyl (C=O) groups excluding carboxylic acids is 1. The summed E-state index contributed by atoms with van der Waals surface area (Å²) >= 11 is 6.15. The van der Waals surface area contributed by atoms with Gasteiger partial charge in [0, 0.05) is 57.0 Å². The molecule has 8 nitrogen and oxygen atoms in total. The standard InChI is InChI=1S/C27H36ClN5O3/c1-18-15-23(35)25-24(18)26(30-17-29-25)31-11-13-33(14-12-31)27(32-9-7-21(36-2)8-10-32)22(16-34)19-3-5-20(28)6-4-19/h3-6,16-18,21-23,27,35H,7-15H2,1-2H3/t18-,22?,23-,27?/m1/s1. The number of benzene rings is 1. The molecule has 2 fully saturated rings. The van der Waals surface area contributed by atoms with Crippen molar-refractivity contribution in [2.75, 3.05) is 51.3 Å². The predicted octanol–water partition coefficient (Wildman–Crippen LogP) is 3.21. The van der Waals surface area contributed by atoms with Gasteiger partial charge in [-0.15, -0.1) is 0 Å². The van der Waals surface area contributed by atoms with E-state index in [4.69, 9.17) is 16.3 Å². The number of halogens is 1. The molecule has 2 unspecified atom stereocenters.